The Morgan fingerprint density at radius 1 is 1.02 bits per heavy atom. The van der Waals surface area contributed by atoms with Crippen molar-refractivity contribution in [1.29, 1.82) is 0 Å². The van der Waals surface area contributed by atoms with Gasteiger partial charge in [-0.1, -0.05) is 17.3 Å². The lowest BCUT2D eigenvalue weighted by Crippen LogP contribution is -2.52. The highest BCUT2D eigenvalue weighted by Gasteiger charge is 2.39. The SMILES string of the molecule is CCn1nc(C2CC2)cc1Nc1nc(C(=O)Nc2cn(CCCCc3cccc4c3CN(C3CCC(=O)NC3=O)C4=O)cn2)nc2[nH]c3cc(-c4c(C)noc4C)c(C)cc3c12. The predicted molar refractivity (Wildman–Crippen MR) is 230 cm³/mol. The first-order valence-electron chi connectivity index (χ1n) is 21.2. The molecule has 62 heavy (non-hydrogen) atoms. The summed E-state index contributed by atoms with van der Waals surface area (Å²) in [5.41, 5.74) is 8.79. The topological polar surface area (TPSA) is 211 Å². The number of amides is 4. The number of unbranched alkanes of at least 4 members (excludes halogenated alkanes) is 1. The largest absolute Gasteiger partial charge is 0.361 e. The molecule has 0 spiro atoms. The normalized spacial score (nSPS) is 16.4. The number of H-pyrrole nitrogens is 1. The molecule has 4 amide bonds. The van der Waals surface area contributed by atoms with Crippen LogP contribution in [-0.2, 0) is 35.6 Å². The van der Waals surface area contributed by atoms with Gasteiger partial charge in [0, 0.05) is 66.3 Å². The molecule has 1 aliphatic carbocycles. The number of anilines is 3. The average molecular weight is 835 g/mol. The van der Waals surface area contributed by atoms with E-state index >= 15 is 0 Å². The Morgan fingerprint density at radius 2 is 1.87 bits per heavy atom. The number of imidazole rings is 1. The maximum Gasteiger partial charge on any atom is 0.294 e. The molecule has 17 heteroatoms. The van der Waals surface area contributed by atoms with Crippen molar-refractivity contribution >= 4 is 63.0 Å². The molecule has 2 aromatic carbocycles. The molecule has 1 saturated carbocycles. The van der Waals surface area contributed by atoms with Crippen molar-refractivity contribution < 1.29 is 23.7 Å². The van der Waals surface area contributed by atoms with Crippen LogP contribution in [0.5, 0.6) is 0 Å². The number of hydrogen-bond acceptors (Lipinski definition) is 11. The number of aromatic amines is 1. The Balaban J connectivity index is 0.857. The Bertz CT molecular complexity index is 2950. The van der Waals surface area contributed by atoms with E-state index in [1.807, 2.05) is 42.2 Å². The second kappa shape index (κ2) is 15.4. The van der Waals surface area contributed by atoms with Gasteiger partial charge in [-0.25, -0.2) is 19.6 Å². The number of hydrogen-bond donors (Lipinski definition) is 4. The van der Waals surface area contributed by atoms with Crippen LogP contribution in [0.15, 0.2) is 53.4 Å². The van der Waals surface area contributed by atoms with Gasteiger partial charge in [-0.3, -0.25) is 24.5 Å². The fraction of sp³-hybridized carbons (Fsp3) is 0.356. The number of nitrogens with one attached hydrogen (secondary N) is 4. The lowest BCUT2D eigenvalue weighted by Gasteiger charge is -2.29. The number of rotatable bonds is 13. The molecule has 2 fully saturated rings. The summed E-state index contributed by atoms with van der Waals surface area (Å²) in [6.07, 6.45) is 8.69. The van der Waals surface area contributed by atoms with Crippen LogP contribution in [0.3, 0.4) is 0 Å². The highest BCUT2D eigenvalue weighted by molar-refractivity contribution is 6.14. The van der Waals surface area contributed by atoms with E-state index in [0.717, 1.165) is 99.2 Å². The lowest BCUT2D eigenvalue weighted by molar-refractivity contribution is -0.136. The predicted octanol–water partition coefficient (Wildman–Crippen LogP) is 6.76. The number of aryl methyl sites for hydroxylation is 6. The molecule has 1 atom stereocenters. The van der Waals surface area contributed by atoms with E-state index in [0.29, 0.717) is 54.8 Å². The second-order valence-corrected chi connectivity index (χ2v) is 16.6. The number of carbonyl (C=O) groups is 4. The van der Waals surface area contributed by atoms with Crippen LogP contribution < -0.4 is 16.0 Å². The van der Waals surface area contributed by atoms with Crippen molar-refractivity contribution in [2.75, 3.05) is 10.6 Å². The first-order valence-corrected chi connectivity index (χ1v) is 21.2. The van der Waals surface area contributed by atoms with Crippen LogP contribution in [0.2, 0.25) is 0 Å². The molecular weight excluding hydrogens is 789 g/mol. The first kappa shape index (κ1) is 39.0. The van der Waals surface area contributed by atoms with E-state index in [-0.39, 0.29) is 24.1 Å². The van der Waals surface area contributed by atoms with Crippen molar-refractivity contribution in [3.63, 3.8) is 0 Å². The minimum Gasteiger partial charge on any atom is -0.361 e. The molecular formula is C45H46N12O5. The Hall–Kier alpha value is -7.17. The van der Waals surface area contributed by atoms with Crippen molar-refractivity contribution in [2.45, 2.75) is 104 Å². The number of imide groups is 1. The van der Waals surface area contributed by atoms with Gasteiger partial charge in [-0.2, -0.15) is 5.10 Å². The zero-order chi connectivity index (χ0) is 42.8. The number of carbonyl (C=O) groups excluding carboxylic acids is 4. The lowest BCUT2D eigenvalue weighted by atomic mass is 9.97. The standard InChI is InChI=1S/C45H46N12O5/c1-5-57-36(19-32(53-57)27-12-13-27)49-41-39-30-17-23(2)29(38-24(3)54-62-25(38)4)18-33(30)47-40(39)51-42(52-41)44(60)48-35-21-55(22-46-35)16-7-6-9-26-10-8-11-28-31(26)20-56(45(28)61)34-14-15-37(58)50-43(34)59/h8,10-11,17-19,21-22,27,34H,5-7,9,12-16,20H2,1-4H3,(H,48,60)(H,50,58,59)(H2,47,49,51,52). The molecule has 0 radical (unpaired) electrons. The Morgan fingerprint density at radius 3 is 2.65 bits per heavy atom. The summed E-state index contributed by atoms with van der Waals surface area (Å²) in [5.74, 6) is 1.41. The van der Waals surface area contributed by atoms with E-state index in [1.54, 1.807) is 23.5 Å². The summed E-state index contributed by atoms with van der Waals surface area (Å²) in [6.45, 7) is 9.61. The van der Waals surface area contributed by atoms with E-state index < -0.39 is 17.9 Å². The summed E-state index contributed by atoms with van der Waals surface area (Å²) in [7, 11) is 0. The van der Waals surface area contributed by atoms with E-state index in [1.165, 1.54) is 0 Å². The smallest absolute Gasteiger partial charge is 0.294 e. The van der Waals surface area contributed by atoms with Crippen molar-refractivity contribution in [3.05, 3.63) is 94.1 Å². The highest BCUT2D eigenvalue weighted by Crippen LogP contribution is 2.42. The average Bonchev–Trinajstić information content (AvgIpc) is 3.49. The van der Waals surface area contributed by atoms with Gasteiger partial charge in [0.2, 0.25) is 17.6 Å². The molecule has 10 rings (SSSR count). The number of piperidine rings is 1. The van der Waals surface area contributed by atoms with Gasteiger partial charge < -0.3 is 29.6 Å². The van der Waals surface area contributed by atoms with Gasteiger partial charge in [0.1, 0.15) is 29.1 Å². The minimum atomic E-state index is -0.645. The maximum atomic E-state index is 13.9. The van der Waals surface area contributed by atoms with E-state index in [2.05, 4.69) is 56.2 Å². The number of benzene rings is 2. The van der Waals surface area contributed by atoms with Crippen LogP contribution in [0.25, 0.3) is 33.1 Å². The fourth-order valence-corrected chi connectivity index (χ4v) is 8.97. The van der Waals surface area contributed by atoms with Gasteiger partial charge in [0.15, 0.2) is 5.82 Å². The molecule has 7 heterocycles. The van der Waals surface area contributed by atoms with Gasteiger partial charge >= 0.3 is 0 Å². The van der Waals surface area contributed by atoms with Crippen LogP contribution in [-0.4, -0.2) is 74.0 Å². The molecule has 7 aromatic rings. The number of nitrogens with zero attached hydrogens (tertiary/aromatic N) is 8. The highest BCUT2D eigenvalue weighted by atomic mass is 16.5. The second-order valence-electron chi connectivity index (χ2n) is 16.6. The Kier molecular flexibility index (Phi) is 9.67. The van der Waals surface area contributed by atoms with E-state index in [4.69, 9.17) is 19.6 Å². The minimum absolute atomic E-state index is 0.0289. The van der Waals surface area contributed by atoms with Gasteiger partial charge in [-0.05, 0) is 107 Å². The van der Waals surface area contributed by atoms with Crippen LogP contribution in [0.1, 0.15) is 106 Å². The third kappa shape index (κ3) is 7.06. The molecule has 1 saturated heterocycles. The molecule has 316 valence electrons. The third-order valence-electron chi connectivity index (χ3n) is 12.3. The zero-order valence-corrected chi connectivity index (χ0v) is 35.0. The summed E-state index contributed by atoms with van der Waals surface area (Å²) in [6, 6.07) is 11.3. The first-order chi connectivity index (χ1) is 30.0. The molecule has 3 aliphatic rings. The number of fused-ring (bicyclic) bond motifs is 4. The zero-order valence-electron chi connectivity index (χ0n) is 35.0. The maximum absolute atomic E-state index is 13.9. The summed E-state index contributed by atoms with van der Waals surface area (Å²) >= 11 is 0. The third-order valence-corrected chi connectivity index (χ3v) is 12.3. The monoisotopic (exact) mass is 834 g/mol. The van der Waals surface area contributed by atoms with Crippen LogP contribution in [0.4, 0.5) is 17.5 Å². The van der Waals surface area contributed by atoms with Gasteiger partial charge in [-0.15, -0.1) is 0 Å². The molecule has 5 aromatic heterocycles. The van der Waals surface area contributed by atoms with Gasteiger partial charge in [0.05, 0.1) is 23.1 Å². The summed E-state index contributed by atoms with van der Waals surface area (Å²) < 4.78 is 9.35. The summed E-state index contributed by atoms with van der Waals surface area (Å²) in [4.78, 5) is 70.5. The van der Waals surface area contributed by atoms with Crippen LogP contribution in [0, 0.1) is 20.8 Å². The Labute approximate surface area is 355 Å². The molecule has 2 aliphatic heterocycles. The molecule has 1 unspecified atom stereocenters. The van der Waals surface area contributed by atoms with Crippen molar-refractivity contribution in [2.24, 2.45) is 0 Å². The number of aromatic nitrogens is 8. The van der Waals surface area contributed by atoms with E-state index in [9.17, 15) is 19.2 Å². The van der Waals surface area contributed by atoms with Crippen LogP contribution >= 0.6 is 0 Å². The molecule has 0 bridgehead atoms. The molecule has 17 nitrogen and oxygen atoms in total. The molecule has 4 N–H and O–H groups in total. The van der Waals surface area contributed by atoms with Crippen molar-refractivity contribution in [1.82, 2.24) is 49.7 Å². The summed E-state index contributed by atoms with van der Waals surface area (Å²) in [5, 5.41) is 19.5. The quantitative estimate of drug-likeness (QED) is 0.0704. The fourth-order valence-electron chi connectivity index (χ4n) is 8.97. The van der Waals surface area contributed by atoms with Gasteiger partial charge in [0.25, 0.3) is 11.8 Å². The van der Waals surface area contributed by atoms with Crippen molar-refractivity contribution in [3.8, 4) is 11.1 Å².